The lowest BCUT2D eigenvalue weighted by Gasteiger charge is -2.29. The number of thiocarbonyl (C=S) groups is 1. The Morgan fingerprint density at radius 2 is 2.16 bits per heavy atom. The number of ether oxygens (including phenoxy) is 1. The number of halogens is 1. The minimum absolute atomic E-state index is 0.260. The zero-order valence-corrected chi connectivity index (χ0v) is 12.0. The largest absolute Gasteiger partial charge is 0.389 e. The Kier molecular flexibility index (Phi) is 4.88. The third-order valence-corrected chi connectivity index (χ3v) is 4.04. The highest BCUT2D eigenvalue weighted by molar-refractivity contribution is 7.80. The van der Waals surface area contributed by atoms with Crippen molar-refractivity contribution in [1.82, 2.24) is 0 Å². The fourth-order valence-corrected chi connectivity index (χ4v) is 2.85. The Balaban J connectivity index is 2.05. The summed E-state index contributed by atoms with van der Waals surface area (Å²) < 4.78 is 19.3. The Hall–Kier alpha value is -1.00. The maximum Gasteiger partial charge on any atom is 0.123 e. The molecule has 2 unspecified atom stereocenters. The van der Waals surface area contributed by atoms with Gasteiger partial charge in [0.25, 0.3) is 0 Å². The van der Waals surface area contributed by atoms with E-state index in [-0.39, 0.29) is 16.9 Å². The van der Waals surface area contributed by atoms with Crippen molar-refractivity contribution in [1.29, 1.82) is 0 Å². The number of hydrogen-bond acceptors (Lipinski definition) is 2. The summed E-state index contributed by atoms with van der Waals surface area (Å²) in [5.74, 6) is 0.283. The van der Waals surface area contributed by atoms with Crippen molar-refractivity contribution < 1.29 is 9.13 Å². The maximum absolute atomic E-state index is 13.3. The Morgan fingerprint density at radius 3 is 2.84 bits per heavy atom. The highest BCUT2D eigenvalue weighted by Gasteiger charge is 2.22. The summed E-state index contributed by atoms with van der Waals surface area (Å²) in [6, 6.07) is 4.46. The summed E-state index contributed by atoms with van der Waals surface area (Å²) in [5, 5.41) is 0. The summed E-state index contributed by atoms with van der Waals surface area (Å²) in [6.07, 6.45) is 5.03. The van der Waals surface area contributed by atoms with Crippen LogP contribution in [-0.4, -0.2) is 11.1 Å². The lowest BCUT2D eigenvalue weighted by Crippen LogP contribution is -2.26. The molecule has 2 N–H and O–H groups in total. The van der Waals surface area contributed by atoms with E-state index in [4.69, 9.17) is 22.7 Å². The SMILES string of the molecule is CC1CCCCC1OCc1cc(F)ccc1C(N)=S. The van der Waals surface area contributed by atoms with Gasteiger partial charge in [-0.15, -0.1) is 0 Å². The van der Waals surface area contributed by atoms with E-state index in [1.54, 1.807) is 6.07 Å². The van der Waals surface area contributed by atoms with Crippen molar-refractivity contribution in [2.24, 2.45) is 11.7 Å². The third-order valence-electron chi connectivity index (χ3n) is 3.82. The molecule has 1 aliphatic carbocycles. The van der Waals surface area contributed by atoms with Gasteiger partial charge in [0.15, 0.2) is 0 Å². The highest BCUT2D eigenvalue weighted by atomic mass is 32.1. The predicted octanol–water partition coefficient (Wildman–Crippen LogP) is 3.56. The summed E-state index contributed by atoms with van der Waals surface area (Å²) in [7, 11) is 0. The van der Waals surface area contributed by atoms with Crippen molar-refractivity contribution in [2.75, 3.05) is 0 Å². The maximum atomic E-state index is 13.3. The van der Waals surface area contributed by atoms with Gasteiger partial charge < -0.3 is 10.5 Å². The number of nitrogens with two attached hydrogens (primary N) is 1. The first-order chi connectivity index (χ1) is 9.08. The van der Waals surface area contributed by atoms with Crippen LogP contribution in [0.2, 0.25) is 0 Å². The number of rotatable bonds is 4. The van der Waals surface area contributed by atoms with Crippen LogP contribution >= 0.6 is 12.2 Å². The van der Waals surface area contributed by atoms with E-state index in [1.165, 1.54) is 31.4 Å². The van der Waals surface area contributed by atoms with Crippen molar-refractivity contribution >= 4 is 17.2 Å². The van der Waals surface area contributed by atoms with Gasteiger partial charge in [0.05, 0.1) is 12.7 Å². The molecule has 2 atom stereocenters. The first-order valence-corrected chi connectivity index (χ1v) is 7.18. The van der Waals surface area contributed by atoms with Gasteiger partial charge in [-0.3, -0.25) is 0 Å². The van der Waals surface area contributed by atoms with Crippen LogP contribution in [0.5, 0.6) is 0 Å². The Labute approximate surface area is 119 Å². The minimum Gasteiger partial charge on any atom is -0.389 e. The van der Waals surface area contributed by atoms with Crippen molar-refractivity contribution in [2.45, 2.75) is 45.3 Å². The molecule has 0 spiro atoms. The van der Waals surface area contributed by atoms with Gasteiger partial charge in [-0.05, 0) is 42.5 Å². The van der Waals surface area contributed by atoms with Crippen molar-refractivity contribution in [3.63, 3.8) is 0 Å². The molecule has 2 rings (SSSR count). The fourth-order valence-electron chi connectivity index (χ4n) is 2.65. The molecular weight excluding hydrogens is 261 g/mol. The molecule has 0 bridgehead atoms. The molecule has 0 saturated heterocycles. The molecule has 0 aromatic heterocycles. The van der Waals surface area contributed by atoms with Crippen molar-refractivity contribution in [3.8, 4) is 0 Å². The average Bonchev–Trinajstić information content (AvgIpc) is 2.37. The highest BCUT2D eigenvalue weighted by Crippen LogP contribution is 2.27. The van der Waals surface area contributed by atoms with Gasteiger partial charge in [0, 0.05) is 5.56 Å². The minimum atomic E-state index is -0.282. The molecular formula is C15H20FNOS. The molecule has 4 heteroatoms. The van der Waals surface area contributed by atoms with Crippen molar-refractivity contribution in [3.05, 3.63) is 35.1 Å². The molecule has 0 heterocycles. The molecule has 1 saturated carbocycles. The Bertz CT molecular complexity index is 463. The van der Waals surface area contributed by atoms with E-state index < -0.39 is 0 Å². The van der Waals surface area contributed by atoms with Gasteiger partial charge in [-0.25, -0.2) is 4.39 Å². The summed E-state index contributed by atoms with van der Waals surface area (Å²) in [4.78, 5) is 0.287. The number of hydrogen-bond donors (Lipinski definition) is 1. The van der Waals surface area contributed by atoms with Crippen LogP contribution in [0.4, 0.5) is 4.39 Å². The molecule has 1 aromatic carbocycles. The topological polar surface area (TPSA) is 35.2 Å². The van der Waals surface area contributed by atoms with E-state index in [9.17, 15) is 4.39 Å². The third kappa shape index (κ3) is 3.74. The summed E-state index contributed by atoms with van der Waals surface area (Å²) in [5.41, 5.74) is 7.10. The molecule has 1 fully saturated rings. The fraction of sp³-hybridized carbons (Fsp3) is 0.533. The van der Waals surface area contributed by atoms with Gasteiger partial charge in [0.1, 0.15) is 10.8 Å². The lowest BCUT2D eigenvalue weighted by molar-refractivity contribution is -0.0155. The molecule has 0 amide bonds. The second-order valence-corrected chi connectivity index (χ2v) is 5.72. The summed E-state index contributed by atoms with van der Waals surface area (Å²) >= 11 is 4.99. The van der Waals surface area contributed by atoms with E-state index in [0.29, 0.717) is 18.1 Å². The van der Waals surface area contributed by atoms with E-state index in [2.05, 4.69) is 6.92 Å². The van der Waals surface area contributed by atoms with Gasteiger partial charge in [-0.1, -0.05) is 32.0 Å². The van der Waals surface area contributed by atoms with Crippen LogP contribution < -0.4 is 5.73 Å². The molecule has 0 radical (unpaired) electrons. The van der Waals surface area contributed by atoms with E-state index >= 15 is 0 Å². The normalized spacial score (nSPS) is 23.3. The van der Waals surface area contributed by atoms with E-state index in [1.807, 2.05) is 0 Å². The zero-order chi connectivity index (χ0) is 13.8. The van der Waals surface area contributed by atoms with Gasteiger partial charge >= 0.3 is 0 Å². The quantitative estimate of drug-likeness (QED) is 0.857. The molecule has 0 aliphatic heterocycles. The first-order valence-electron chi connectivity index (χ1n) is 6.77. The molecule has 1 aromatic rings. The van der Waals surface area contributed by atoms with Gasteiger partial charge in [0.2, 0.25) is 0 Å². The molecule has 2 nitrogen and oxygen atoms in total. The van der Waals surface area contributed by atoms with Gasteiger partial charge in [-0.2, -0.15) is 0 Å². The van der Waals surface area contributed by atoms with Crippen LogP contribution in [0, 0.1) is 11.7 Å². The second kappa shape index (κ2) is 6.44. The van der Waals surface area contributed by atoms with Crippen LogP contribution in [0.1, 0.15) is 43.7 Å². The van der Waals surface area contributed by atoms with Crippen LogP contribution in [-0.2, 0) is 11.3 Å². The molecule has 19 heavy (non-hydrogen) atoms. The predicted molar refractivity (Wildman–Crippen MR) is 78.5 cm³/mol. The summed E-state index contributed by atoms with van der Waals surface area (Å²) in [6.45, 7) is 2.59. The van der Waals surface area contributed by atoms with Crippen LogP contribution in [0.15, 0.2) is 18.2 Å². The standard InChI is InChI=1S/C15H20FNOS/c1-10-4-2-3-5-14(10)18-9-11-8-12(16)6-7-13(11)15(17)19/h6-8,10,14H,2-5,9H2,1H3,(H2,17,19). The molecule has 104 valence electrons. The van der Waals surface area contributed by atoms with Crippen LogP contribution in [0.25, 0.3) is 0 Å². The first kappa shape index (κ1) is 14.4. The number of benzene rings is 1. The van der Waals surface area contributed by atoms with E-state index in [0.717, 1.165) is 12.0 Å². The second-order valence-electron chi connectivity index (χ2n) is 5.28. The lowest BCUT2D eigenvalue weighted by atomic mass is 9.88. The Morgan fingerprint density at radius 1 is 1.42 bits per heavy atom. The molecule has 1 aliphatic rings. The monoisotopic (exact) mass is 281 g/mol. The average molecular weight is 281 g/mol. The smallest absolute Gasteiger partial charge is 0.123 e. The zero-order valence-electron chi connectivity index (χ0n) is 11.2. The van der Waals surface area contributed by atoms with Crippen LogP contribution in [0.3, 0.4) is 0 Å².